The van der Waals surface area contributed by atoms with Crippen molar-refractivity contribution in [3.63, 3.8) is 0 Å². The van der Waals surface area contributed by atoms with Crippen LogP contribution >= 0.6 is 0 Å². The molecule has 0 aromatic heterocycles. The molecule has 0 unspecified atom stereocenters. The normalized spacial score (nSPS) is 10.2. The third-order valence-corrected chi connectivity index (χ3v) is 3.44. The van der Waals surface area contributed by atoms with Crippen molar-refractivity contribution in [1.29, 1.82) is 0 Å². The molecular weight excluding hydrogens is 310 g/mol. The molecule has 0 bridgehead atoms. The molecule has 6 nitrogen and oxygen atoms in total. The van der Waals surface area contributed by atoms with Crippen molar-refractivity contribution in [3.05, 3.63) is 64.2 Å². The first-order valence-electron chi connectivity index (χ1n) is 7.81. The highest BCUT2D eigenvalue weighted by Crippen LogP contribution is 2.19. The Kier molecular flexibility index (Phi) is 6.31. The van der Waals surface area contributed by atoms with Gasteiger partial charge in [0.1, 0.15) is 11.5 Å². The molecule has 0 radical (unpaired) electrons. The first-order chi connectivity index (χ1) is 11.6. The summed E-state index contributed by atoms with van der Waals surface area (Å²) in [7, 11) is 0. The van der Waals surface area contributed by atoms with E-state index in [2.05, 4.69) is 6.92 Å². The number of nitro benzene ring substituents is 1. The van der Waals surface area contributed by atoms with Gasteiger partial charge < -0.3 is 9.47 Å². The van der Waals surface area contributed by atoms with E-state index in [1.165, 1.54) is 42.7 Å². The number of carbonyl (C=O) groups excluding carboxylic acids is 1. The number of hydrogen-bond acceptors (Lipinski definition) is 5. The Balaban J connectivity index is 1.86. The first kappa shape index (κ1) is 17.5. The Bertz CT molecular complexity index is 680. The largest absolute Gasteiger partial charge is 0.519 e. The summed E-state index contributed by atoms with van der Waals surface area (Å²) in [5.74, 6) is 0.572. The number of nitrogens with zero attached hydrogens (tertiary/aromatic N) is 1. The van der Waals surface area contributed by atoms with Crippen LogP contribution in [-0.4, -0.2) is 11.1 Å². The zero-order valence-corrected chi connectivity index (χ0v) is 13.4. The second kappa shape index (κ2) is 8.67. The van der Waals surface area contributed by atoms with Crippen LogP contribution in [-0.2, 0) is 6.42 Å². The molecule has 0 aliphatic carbocycles. The van der Waals surface area contributed by atoms with Gasteiger partial charge in [0, 0.05) is 12.1 Å². The first-order valence-corrected chi connectivity index (χ1v) is 7.81. The van der Waals surface area contributed by atoms with Gasteiger partial charge >= 0.3 is 6.16 Å². The van der Waals surface area contributed by atoms with E-state index in [9.17, 15) is 14.9 Å². The Hall–Kier alpha value is -2.89. The van der Waals surface area contributed by atoms with Crippen LogP contribution in [0.4, 0.5) is 10.5 Å². The predicted octanol–water partition coefficient (Wildman–Crippen LogP) is 4.91. The van der Waals surface area contributed by atoms with Gasteiger partial charge in [-0.3, -0.25) is 10.1 Å². The number of carbonyl (C=O) groups is 1. The molecule has 0 amide bonds. The molecule has 0 spiro atoms. The number of non-ortho nitro benzene ring substituents is 1. The number of nitro groups is 1. The smallest absolute Gasteiger partial charge is 0.395 e. The highest BCUT2D eigenvalue weighted by molar-refractivity contribution is 5.67. The predicted molar refractivity (Wildman–Crippen MR) is 89.4 cm³/mol. The molecule has 0 saturated carbocycles. The summed E-state index contributed by atoms with van der Waals surface area (Å²) in [6, 6.07) is 12.5. The molecule has 0 aliphatic heterocycles. The maximum absolute atomic E-state index is 11.7. The van der Waals surface area contributed by atoms with Crippen LogP contribution in [0.2, 0.25) is 0 Å². The Morgan fingerprint density at radius 3 is 2.00 bits per heavy atom. The fraction of sp³-hybridized carbons (Fsp3) is 0.278. The van der Waals surface area contributed by atoms with Gasteiger partial charge in [-0.15, -0.1) is 0 Å². The van der Waals surface area contributed by atoms with Crippen LogP contribution in [0.5, 0.6) is 11.5 Å². The van der Waals surface area contributed by atoms with Crippen LogP contribution in [0.15, 0.2) is 48.5 Å². The van der Waals surface area contributed by atoms with E-state index in [0.29, 0.717) is 5.75 Å². The molecular formula is C18H19NO5. The lowest BCUT2D eigenvalue weighted by molar-refractivity contribution is -0.384. The lowest BCUT2D eigenvalue weighted by Crippen LogP contribution is -2.13. The quantitative estimate of drug-likeness (QED) is 0.237. The summed E-state index contributed by atoms with van der Waals surface area (Å²) in [6.07, 6.45) is 3.62. The number of benzene rings is 2. The van der Waals surface area contributed by atoms with Crippen LogP contribution in [0, 0.1) is 10.1 Å². The average Bonchev–Trinajstić information content (AvgIpc) is 2.57. The maximum atomic E-state index is 11.7. The highest BCUT2D eigenvalue weighted by atomic mass is 16.7. The van der Waals surface area contributed by atoms with Crippen LogP contribution in [0.3, 0.4) is 0 Å². The minimum Gasteiger partial charge on any atom is -0.395 e. The second-order valence-corrected chi connectivity index (χ2v) is 5.31. The SMILES string of the molecule is CCCCCc1ccc(OC(=O)Oc2ccc([N+](=O)[O-])cc2)cc1. The van der Waals surface area contributed by atoms with Gasteiger partial charge in [-0.05, 0) is 42.7 Å². The van der Waals surface area contributed by atoms with Gasteiger partial charge in [0.15, 0.2) is 0 Å². The fourth-order valence-corrected chi connectivity index (χ4v) is 2.15. The van der Waals surface area contributed by atoms with Crippen molar-refractivity contribution in [2.45, 2.75) is 32.6 Å². The van der Waals surface area contributed by atoms with Crippen molar-refractivity contribution in [2.75, 3.05) is 0 Å². The fourth-order valence-electron chi connectivity index (χ4n) is 2.15. The molecule has 0 heterocycles. The Labute approximate surface area is 140 Å². The standard InChI is InChI=1S/C18H19NO5/c1-2-3-4-5-14-6-10-16(11-7-14)23-18(20)24-17-12-8-15(9-13-17)19(21)22/h6-13H,2-5H2,1H3. The maximum Gasteiger partial charge on any atom is 0.519 e. The van der Waals surface area contributed by atoms with Crippen molar-refractivity contribution in [2.24, 2.45) is 0 Å². The van der Waals surface area contributed by atoms with Crippen molar-refractivity contribution >= 4 is 11.8 Å². The molecule has 2 aromatic carbocycles. The van der Waals surface area contributed by atoms with Crippen molar-refractivity contribution in [3.8, 4) is 11.5 Å². The van der Waals surface area contributed by atoms with Gasteiger partial charge in [0.2, 0.25) is 0 Å². The molecule has 2 rings (SSSR count). The Morgan fingerprint density at radius 1 is 0.958 bits per heavy atom. The molecule has 2 aromatic rings. The zero-order valence-electron chi connectivity index (χ0n) is 13.4. The van der Waals surface area contributed by atoms with E-state index in [1.54, 1.807) is 12.1 Å². The van der Waals surface area contributed by atoms with Gasteiger partial charge in [-0.2, -0.15) is 0 Å². The number of aryl methyl sites for hydroxylation is 1. The number of hydrogen-bond donors (Lipinski definition) is 0. The number of rotatable bonds is 7. The van der Waals surface area contributed by atoms with Crippen LogP contribution < -0.4 is 9.47 Å². The van der Waals surface area contributed by atoms with Gasteiger partial charge in [0.25, 0.3) is 5.69 Å². The third kappa shape index (κ3) is 5.39. The zero-order chi connectivity index (χ0) is 17.4. The Morgan fingerprint density at radius 2 is 1.50 bits per heavy atom. The minimum absolute atomic E-state index is 0.0746. The second-order valence-electron chi connectivity index (χ2n) is 5.31. The number of unbranched alkanes of at least 4 members (excludes halogenated alkanes) is 2. The van der Waals surface area contributed by atoms with Crippen molar-refractivity contribution in [1.82, 2.24) is 0 Å². The summed E-state index contributed by atoms with van der Waals surface area (Å²) in [5, 5.41) is 10.6. The van der Waals surface area contributed by atoms with Crippen LogP contribution in [0.1, 0.15) is 31.7 Å². The monoisotopic (exact) mass is 329 g/mol. The molecule has 0 atom stereocenters. The molecule has 6 heteroatoms. The van der Waals surface area contributed by atoms with Crippen molar-refractivity contribution < 1.29 is 19.2 Å². The van der Waals surface area contributed by atoms with E-state index >= 15 is 0 Å². The summed E-state index contributed by atoms with van der Waals surface area (Å²) in [6.45, 7) is 2.16. The topological polar surface area (TPSA) is 78.7 Å². The molecule has 0 N–H and O–H groups in total. The molecule has 126 valence electrons. The summed E-state index contributed by atoms with van der Waals surface area (Å²) >= 11 is 0. The van der Waals surface area contributed by atoms with E-state index in [0.717, 1.165) is 12.8 Å². The molecule has 0 saturated heterocycles. The molecule has 0 aliphatic rings. The molecule has 24 heavy (non-hydrogen) atoms. The lowest BCUT2D eigenvalue weighted by atomic mass is 10.1. The number of ether oxygens (including phenoxy) is 2. The highest BCUT2D eigenvalue weighted by Gasteiger charge is 2.10. The van der Waals surface area contributed by atoms with Gasteiger partial charge in [0.05, 0.1) is 4.92 Å². The van der Waals surface area contributed by atoms with Crippen LogP contribution in [0.25, 0.3) is 0 Å². The van der Waals surface area contributed by atoms with E-state index < -0.39 is 11.1 Å². The summed E-state index contributed by atoms with van der Waals surface area (Å²) < 4.78 is 10.1. The van der Waals surface area contributed by atoms with E-state index in [4.69, 9.17) is 9.47 Å². The summed E-state index contributed by atoms with van der Waals surface area (Å²) in [5.41, 5.74) is 1.12. The summed E-state index contributed by atoms with van der Waals surface area (Å²) in [4.78, 5) is 21.8. The van der Waals surface area contributed by atoms with Gasteiger partial charge in [-0.1, -0.05) is 31.9 Å². The molecule has 0 fully saturated rings. The average molecular weight is 329 g/mol. The minimum atomic E-state index is -0.886. The lowest BCUT2D eigenvalue weighted by Gasteiger charge is -2.06. The van der Waals surface area contributed by atoms with E-state index in [1.807, 2.05) is 12.1 Å². The third-order valence-electron chi connectivity index (χ3n) is 3.44. The van der Waals surface area contributed by atoms with Gasteiger partial charge in [-0.25, -0.2) is 4.79 Å². The van der Waals surface area contributed by atoms with E-state index in [-0.39, 0.29) is 11.4 Å².